The summed E-state index contributed by atoms with van der Waals surface area (Å²) in [5.41, 5.74) is 2.47. The van der Waals surface area contributed by atoms with Crippen molar-refractivity contribution in [3.8, 4) is 11.5 Å². The van der Waals surface area contributed by atoms with E-state index in [1.807, 2.05) is 24.3 Å². The van der Waals surface area contributed by atoms with E-state index in [4.69, 9.17) is 9.05 Å². The van der Waals surface area contributed by atoms with Crippen molar-refractivity contribution in [3.63, 3.8) is 0 Å². The lowest BCUT2D eigenvalue weighted by atomic mass is 9.87. The van der Waals surface area contributed by atoms with Crippen LogP contribution in [0, 0.1) is 0 Å². The molecule has 0 atom stereocenters. The van der Waals surface area contributed by atoms with Gasteiger partial charge in [0.15, 0.2) is 0 Å². The van der Waals surface area contributed by atoms with Gasteiger partial charge in [-0.05, 0) is 46.2 Å². The summed E-state index contributed by atoms with van der Waals surface area (Å²) in [4.78, 5) is 0. The summed E-state index contributed by atoms with van der Waals surface area (Å²) in [6, 6.07) is 14.9. The van der Waals surface area contributed by atoms with Gasteiger partial charge in [-0.2, -0.15) is 0 Å². The third-order valence-electron chi connectivity index (χ3n) is 3.80. The molecule has 0 aliphatic heterocycles. The topological polar surface area (TPSA) is 18.5 Å². The van der Waals surface area contributed by atoms with Gasteiger partial charge < -0.3 is 9.05 Å². The van der Waals surface area contributed by atoms with E-state index < -0.39 is 8.69 Å². The molecule has 0 spiro atoms. The molecule has 0 aromatic heterocycles. The van der Waals surface area contributed by atoms with Crippen LogP contribution in [0.5, 0.6) is 11.5 Å². The normalized spacial score (nSPS) is 12.3. The molecule has 0 amide bonds. The molecular formula is C20H26FO2P. The first-order chi connectivity index (χ1) is 11.1. The van der Waals surface area contributed by atoms with Gasteiger partial charge in [0.25, 0.3) is 0 Å². The van der Waals surface area contributed by atoms with Gasteiger partial charge in [-0.25, -0.2) is 0 Å². The standard InChI is InChI=1S/C20H26FO2P/c1-19(2,3)15-7-11-17(12-8-15)22-24(21)23-18-13-9-16(10-14-18)20(4,5)6/h7-14H,1-6H3. The van der Waals surface area contributed by atoms with Crippen LogP contribution < -0.4 is 9.05 Å². The Morgan fingerprint density at radius 3 is 1.17 bits per heavy atom. The molecular weight excluding hydrogens is 322 g/mol. The maximum Gasteiger partial charge on any atom is 0.505 e. The molecule has 2 aromatic rings. The Hall–Kier alpha value is -1.60. The van der Waals surface area contributed by atoms with Gasteiger partial charge in [-0.1, -0.05) is 65.8 Å². The van der Waals surface area contributed by atoms with Crippen molar-refractivity contribution < 1.29 is 13.2 Å². The number of benzene rings is 2. The molecule has 0 fully saturated rings. The second kappa shape index (κ2) is 7.11. The fourth-order valence-corrected chi connectivity index (χ4v) is 2.83. The average Bonchev–Trinajstić information content (AvgIpc) is 2.46. The molecule has 2 aromatic carbocycles. The van der Waals surface area contributed by atoms with Crippen LogP contribution in [0.25, 0.3) is 0 Å². The largest absolute Gasteiger partial charge is 0.505 e. The molecule has 0 radical (unpaired) electrons. The Labute approximate surface area is 146 Å². The van der Waals surface area contributed by atoms with E-state index in [1.54, 1.807) is 24.3 Å². The highest BCUT2D eigenvalue weighted by Gasteiger charge is 2.18. The van der Waals surface area contributed by atoms with Crippen LogP contribution >= 0.6 is 8.69 Å². The maximum atomic E-state index is 14.1. The monoisotopic (exact) mass is 348 g/mol. The zero-order valence-corrected chi connectivity index (χ0v) is 16.2. The molecule has 0 aliphatic rings. The van der Waals surface area contributed by atoms with E-state index in [1.165, 1.54) is 11.1 Å². The minimum atomic E-state index is -2.51. The Morgan fingerprint density at radius 2 is 0.917 bits per heavy atom. The van der Waals surface area contributed by atoms with E-state index >= 15 is 0 Å². The van der Waals surface area contributed by atoms with Gasteiger partial charge in [-0.15, -0.1) is 4.20 Å². The summed E-state index contributed by atoms with van der Waals surface area (Å²) < 4.78 is 24.6. The Balaban J connectivity index is 1.97. The number of hydrogen-bond donors (Lipinski definition) is 0. The average molecular weight is 348 g/mol. The fraction of sp³-hybridized carbons (Fsp3) is 0.400. The van der Waals surface area contributed by atoms with Crippen LogP contribution in [-0.2, 0) is 10.8 Å². The van der Waals surface area contributed by atoms with Gasteiger partial charge in [0.1, 0.15) is 11.5 Å². The highest BCUT2D eigenvalue weighted by Crippen LogP contribution is 2.42. The van der Waals surface area contributed by atoms with Gasteiger partial charge in [0.05, 0.1) is 0 Å². The highest BCUT2D eigenvalue weighted by atomic mass is 31.2. The third kappa shape index (κ3) is 5.21. The van der Waals surface area contributed by atoms with Crippen LogP contribution in [0.15, 0.2) is 48.5 Å². The van der Waals surface area contributed by atoms with E-state index in [9.17, 15) is 4.20 Å². The number of hydrogen-bond acceptors (Lipinski definition) is 2. The number of halogens is 1. The smallest absolute Gasteiger partial charge is 0.415 e. The SMILES string of the molecule is CC(C)(C)c1ccc(OP(F)Oc2ccc(C(C)(C)C)cc2)cc1. The van der Waals surface area contributed by atoms with Crippen molar-refractivity contribution in [2.45, 2.75) is 52.4 Å². The lowest BCUT2D eigenvalue weighted by Crippen LogP contribution is -2.10. The minimum Gasteiger partial charge on any atom is -0.415 e. The van der Waals surface area contributed by atoms with Crippen molar-refractivity contribution in [3.05, 3.63) is 59.7 Å². The molecule has 0 saturated carbocycles. The Morgan fingerprint density at radius 1 is 0.625 bits per heavy atom. The first-order valence-corrected chi connectivity index (χ1v) is 9.15. The second-order valence-electron chi connectivity index (χ2n) is 7.94. The first-order valence-electron chi connectivity index (χ1n) is 8.09. The van der Waals surface area contributed by atoms with Crippen LogP contribution in [0.3, 0.4) is 0 Å². The van der Waals surface area contributed by atoms with Crippen LogP contribution in [0.2, 0.25) is 0 Å². The van der Waals surface area contributed by atoms with Gasteiger partial charge >= 0.3 is 8.69 Å². The molecule has 4 heteroatoms. The summed E-state index contributed by atoms with van der Waals surface area (Å²) in [6.07, 6.45) is 0. The first kappa shape index (κ1) is 18.7. The molecule has 24 heavy (non-hydrogen) atoms. The molecule has 0 unspecified atom stereocenters. The minimum absolute atomic E-state index is 0.0598. The van der Waals surface area contributed by atoms with E-state index in [2.05, 4.69) is 41.5 Å². The van der Waals surface area contributed by atoms with Crippen molar-refractivity contribution in [2.24, 2.45) is 0 Å². The maximum absolute atomic E-state index is 14.1. The second-order valence-corrected chi connectivity index (χ2v) is 8.73. The fourth-order valence-electron chi connectivity index (χ4n) is 2.22. The Kier molecular flexibility index (Phi) is 5.55. The molecule has 0 N–H and O–H groups in total. The van der Waals surface area contributed by atoms with Crippen molar-refractivity contribution in [2.75, 3.05) is 0 Å². The van der Waals surface area contributed by atoms with Crippen molar-refractivity contribution in [1.29, 1.82) is 0 Å². The predicted molar refractivity (Wildman–Crippen MR) is 99.6 cm³/mol. The Bertz CT molecular complexity index is 593. The van der Waals surface area contributed by atoms with Crippen molar-refractivity contribution >= 4 is 8.69 Å². The predicted octanol–water partition coefficient (Wildman–Crippen LogP) is 6.94. The lowest BCUT2D eigenvalue weighted by Gasteiger charge is -2.20. The molecule has 0 bridgehead atoms. The van der Waals surface area contributed by atoms with E-state index in [-0.39, 0.29) is 10.8 Å². The molecule has 2 rings (SSSR count). The molecule has 0 aliphatic carbocycles. The quantitative estimate of drug-likeness (QED) is 0.557. The third-order valence-corrected chi connectivity index (χ3v) is 4.50. The highest BCUT2D eigenvalue weighted by molar-refractivity contribution is 7.42. The summed E-state index contributed by atoms with van der Waals surface area (Å²) in [7, 11) is -2.51. The van der Waals surface area contributed by atoms with Crippen molar-refractivity contribution in [1.82, 2.24) is 0 Å². The van der Waals surface area contributed by atoms with Crippen LogP contribution in [0.4, 0.5) is 4.20 Å². The number of rotatable bonds is 4. The summed E-state index contributed by atoms with van der Waals surface area (Å²) in [5.74, 6) is 0.950. The summed E-state index contributed by atoms with van der Waals surface area (Å²) in [5, 5.41) is 0. The summed E-state index contributed by atoms with van der Waals surface area (Å²) in [6.45, 7) is 12.8. The van der Waals surface area contributed by atoms with Crippen LogP contribution in [-0.4, -0.2) is 0 Å². The lowest BCUT2D eigenvalue weighted by molar-refractivity contribution is 0.439. The molecule has 130 valence electrons. The molecule has 0 heterocycles. The zero-order chi connectivity index (χ0) is 18.0. The van der Waals surface area contributed by atoms with Gasteiger partial charge in [0.2, 0.25) is 0 Å². The molecule has 0 saturated heterocycles. The van der Waals surface area contributed by atoms with E-state index in [0.29, 0.717) is 11.5 Å². The van der Waals surface area contributed by atoms with E-state index in [0.717, 1.165) is 0 Å². The van der Waals surface area contributed by atoms with Gasteiger partial charge in [0, 0.05) is 0 Å². The van der Waals surface area contributed by atoms with Crippen LogP contribution in [0.1, 0.15) is 52.7 Å². The summed E-state index contributed by atoms with van der Waals surface area (Å²) >= 11 is 0. The zero-order valence-electron chi connectivity index (χ0n) is 15.3. The van der Waals surface area contributed by atoms with Gasteiger partial charge in [-0.3, -0.25) is 0 Å². The molecule has 2 nitrogen and oxygen atoms in total.